The number of amides is 1. The van der Waals surface area contributed by atoms with E-state index in [0.29, 0.717) is 38.5 Å². The number of esters is 1. The molecule has 6 nitrogen and oxygen atoms in total. The summed E-state index contributed by atoms with van der Waals surface area (Å²) < 4.78 is 5.31. The van der Waals surface area contributed by atoms with Gasteiger partial charge in [-0.05, 0) is 68.9 Å². The van der Waals surface area contributed by atoms with Crippen LogP contribution in [0.1, 0.15) is 42.7 Å². The summed E-state index contributed by atoms with van der Waals surface area (Å²) in [4.78, 5) is 27.3. The first-order chi connectivity index (χ1) is 15.2. The van der Waals surface area contributed by atoms with Crippen LogP contribution in [0.2, 0.25) is 10.0 Å². The molecule has 1 heterocycles. The Morgan fingerprint density at radius 1 is 1.16 bits per heavy atom. The summed E-state index contributed by atoms with van der Waals surface area (Å²) in [7, 11) is 0. The third-order valence-electron chi connectivity index (χ3n) is 5.01. The number of nitrogens with zero attached hydrogens (tertiary/aromatic N) is 1. The molecule has 2 aromatic rings. The molecule has 0 aliphatic carbocycles. The lowest BCUT2D eigenvalue weighted by atomic mass is 9.94. The summed E-state index contributed by atoms with van der Waals surface area (Å²) in [5.74, 6) is -0.764. The molecule has 1 atom stereocenters. The molecule has 32 heavy (non-hydrogen) atoms. The number of hydrogen-bond acceptors (Lipinski definition) is 4. The molecule has 0 spiro atoms. The van der Waals surface area contributed by atoms with Crippen LogP contribution in [-0.2, 0) is 9.53 Å². The van der Waals surface area contributed by atoms with Crippen molar-refractivity contribution in [3.8, 4) is 0 Å². The Bertz CT molecular complexity index is 1080. The highest BCUT2D eigenvalue weighted by Crippen LogP contribution is 2.32. The molecule has 0 aromatic heterocycles. The van der Waals surface area contributed by atoms with Gasteiger partial charge in [-0.1, -0.05) is 35.3 Å². The topological polar surface area (TPSA) is 70.7 Å². The number of benzene rings is 2. The van der Waals surface area contributed by atoms with E-state index >= 15 is 0 Å². The van der Waals surface area contributed by atoms with Crippen LogP contribution < -0.4 is 10.6 Å². The van der Waals surface area contributed by atoms with E-state index < -0.39 is 12.0 Å². The summed E-state index contributed by atoms with van der Waals surface area (Å²) in [5, 5.41) is 7.34. The largest absolute Gasteiger partial charge is 0.463 e. The zero-order valence-electron chi connectivity index (χ0n) is 17.9. The molecule has 168 valence electrons. The molecule has 2 N–H and O–H groups in total. The standard InChI is InChI=1S/C23H23Cl2N3O3S/c1-4-28-13(3)19(22(30)31-5-2)20(27-23(28)32)14-7-6-8-18(11-14)26-21(29)15-9-16(24)12-17(25)10-15/h6-12,20H,4-5H2,1-3H3,(H,26,29)(H,27,32). The van der Waals surface area contributed by atoms with E-state index in [1.165, 1.54) is 12.1 Å². The lowest BCUT2D eigenvalue weighted by Gasteiger charge is -2.37. The molecule has 1 aliphatic rings. The Labute approximate surface area is 202 Å². The quantitative estimate of drug-likeness (QED) is 0.420. The van der Waals surface area contributed by atoms with Crippen molar-refractivity contribution >= 4 is 58.1 Å². The van der Waals surface area contributed by atoms with Gasteiger partial charge in [0.25, 0.3) is 5.91 Å². The van der Waals surface area contributed by atoms with Gasteiger partial charge in [0.2, 0.25) is 0 Å². The highest BCUT2D eigenvalue weighted by atomic mass is 35.5. The number of allylic oxidation sites excluding steroid dienone is 1. The van der Waals surface area contributed by atoms with Crippen molar-refractivity contribution in [1.82, 2.24) is 10.2 Å². The first-order valence-corrected chi connectivity index (χ1v) is 11.2. The van der Waals surface area contributed by atoms with Gasteiger partial charge in [0.1, 0.15) is 0 Å². The molecule has 1 unspecified atom stereocenters. The van der Waals surface area contributed by atoms with Crippen molar-refractivity contribution < 1.29 is 14.3 Å². The van der Waals surface area contributed by atoms with Crippen molar-refractivity contribution in [3.63, 3.8) is 0 Å². The van der Waals surface area contributed by atoms with E-state index in [2.05, 4.69) is 10.6 Å². The summed E-state index contributed by atoms with van der Waals surface area (Å²) >= 11 is 17.5. The fraction of sp³-hybridized carbons (Fsp3) is 0.261. The minimum absolute atomic E-state index is 0.261. The number of carbonyl (C=O) groups excluding carboxylic acids is 2. The SMILES string of the molecule is CCOC(=O)C1=C(C)N(CC)C(=S)NC1c1cccc(NC(=O)c2cc(Cl)cc(Cl)c2)c1. The average Bonchev–Trinajstić information content (AvgIpc) is 2.73. The number of carbonyl (C=O) groups is 2. The van der Waals surface area contributed by atoms with Crippen molar-refractivity contribution in [2.45, 2.75) is 26.8 Å². The van der Waals surface area contributed by atoms with Crippen LogP contribution in [0.15, 0.2) is 53.7 Å². The first-order valence-electron chi connectivity index (χ1n) is 10.1. The Hall–Kier alpha value is -2.61. The van der Waals surface area contributed by atoms with Gasteiger partial charge in [-0.25, -0.2) is 4.79 Å². The summed E-state index contributed by atoms with van der Waals surface area (Å²) in [6, 6.07) is 11.3. The predicted molar refractivity (Wildman–Crippen MR) is 131 cm³/mol. The molecule has 1 amide bonds. The number of thiocarbonyl (C=S) groups is 1. The minimum atomic E-state index is -0.512. The molecule has 0 saturated carbocycles. The lowest BCUT2D eigenvalue weighted by molar-refractivity contribution is -0.139. The van der Waals surface area contributed by atoms with Gasteiger partial charge in [-0.2, -0.15) is 0 Å². The number of hydrogen-bond donors (Lipinski definition) is 2. The Balaban J connectivity index is 1.94. The molecular formula is C23H23Cl2N3O3S. The molecule has 1 aliphatic heterocycles. The van der Waals surface area contributed by atoms with Gasteiger partial charge in [-0.15, -0.1) is 0 Å². The van der Waals surface area contributed by atoms with Crippen LogP contribution in [0.25, 0.3) is 0 Å². The first kappa shape index (κ1) is 24.0. The van der Waals surface area contributed by atoms with Crippen LogP contribution >= 0.6 is 35.4 Å². The molecular weight excluding hydrogens is 469 g/mol. The summed E-state index contributed by atoms with van der Waals surface area (Å²) in [6.45, 7) is 6.45. The molecule has 0 fully saturated rings. The Morgan fingerprint density at radius 3 is 2.47 bits per heavy atom. The number of anilines is 1. The van der Waals surface area contributed by atoms with E-state index in [1.807, 2.05) is 24.8 Å². The van der Waals surface area contributed by atoms with Crippen molar-refractivity contribution in [2.75, 3.05) is 18.5 Å². The monoisotopic (exact) mass is 491 g/mol. The van der Waals surface area contributed by atoms with E-state index in [1.54, 1.807) is 31.2 Å². The van der Waals surface area contributed by atoms with Crippen molar-refractivity contribution in [2.24, 2.45) is 0 Å². The van der Waals surface area contributed by atoms with Crippen LogP contribution in [0.3, 0.4) is 0 Å². The van der Waals surface area contributed by atoms with Crippen LogP contribution in [0.5, 0.6) is 0 Å². The van der Waals surface area contributed by atoms with Gasteiger partial charge >= 0.3 is 5.97 Å². The van der Waals surface area contributed by atoms with Crippen LogP contribution in [0, 0.1) is 0 Å². The Morgan fingerprint density at radius 2 is 1.84 bits per heavy atom. The lowest BCUT2D eigenvalue weighted by Crippen LogP contribution is -2.47. The third-order valence-corrected chi connectivity index (χ3v) is 5.79. The highest BCUT2D eigenvalue weighted by Gasteiger charge is 2.34. The number of nitrogens with one attached hydrogen (secondary N) is 2. The predicted octanol–water partition coefficient (Wildman–Crippen LogP) is 5.33. The Kier molecular flexibility index (Phi) is 7.77. The zero-order chi connectivity index (χ0) is 23.4. The molecule has 2 aromatic carbocycles. The van der Waals surface area contributed by atoms with Gasteiger partial charge in [0.05, 0.1) is 18.2 Å². The number of halogens is 2. The highest BCUT2D eigenvalue weighted by molar-refractivity contribution is 7.80. The van der Waals surface area contributed by atoms with Gasteiger partial charge in [0.15, 0.2) is 5.11 Å². The summed E-state index contributed by atoms with van der Waals surface area (Å²) in [6.07, 6.45) is 0. The normalized spacial score (nSPS) is 16.0. The second-order valence-corrected chi connectivity index (χ2v) is 8.34. The van der Waals surface area contributed by atoms with Gasteiger partial charge < -0.3 is 20.3 Å². The van der Waals surface area contributed by atoms with Crippen molar-refractivity contribution in [3.05, 3.63) is 74.9 Å². The maximum Gasteiger partial charge on any atom is 0.338 e. The van der Waals surface area contributed by atoms with Crippen molar-refractivity contribution in [1.29, 1.82) is 0 Å². The minimum Gasteiger partial charge on any atom is -0.463 e. The number of rotatable bonds is 6. The molecule has 0 radical (unpaired) electrons. The fourth-order valence-corrected chi connectivity index (χ4v) is 4.48. The second-order valence-electron chi connectivity index (χ2n) is 7.08. The fourth-order valence-electron chi connectivity index (χ4n) is 3.57. The van der Waals surface area contributed by atoms with E-state index in [0.717, 1.165) is 11.3 Å². The third kappa shape index (κ3) is 5.23. The maximum absolute atomic E-state index is 12.8. The van der Waals surface area contributed by atoms with E-state index in [-0.39, 0.29) is 12.5 Å². The smallest absolute Gasteiger partial charge is 0.338 e. The molecule has 0 saturated heterocycles. The van der Waals surface area contributed by atoms with Crippen LogP contribution in [-0.4, -0.2) is 35.0 Å². The molecule has 3 rings (SSSR count). The second kappa shape index (κ2) is 10.3. The number of ether oxygens (including phenoxy) is 1. The van der Waals surface area contributed by atoms with E-state index in [9.17, 15) is 9.59 Å². The van der Waals surface area contributed by atoms with Gasteiger partial charge in [0, 0.05) is 33.5 Å². The van der Waals surface area contributed by atoms with E-state index in [4.69, 9.17) is 40.2 Å². The average molecular weight is 492 g/mol. The van der Waals surface area contributed by atoms with Gasteiger partial charge in [-0.3, -0.25) is 4.79 Å². The summed E-state index contributed by atoms with van der Waals surface area (Å²) in [5.41, 5.74) is 2.86. The molecule has 0 bridgehead atoms. The maximum atomic E-state index is 12.8. The van der Waals surface area contributed by atoms with Crippen LogP contribution in [0.4, 0.5) is 5.69 Å². The molecule has 9 heteroatoms. The zero-order valence-corrected chi connectivity index (χ0v) is 20.2.